The molecular formula is C19H25N5O4. The summed E-state index contributed by atoms with van der Waals surface area (Å²) in [6.07, 6.45) is 1.92. The molecule has 4 rings (SSSR count). The highest BCUT2D eigenvalue weighted by atomic mass is 16.4. The lowest BCUT2D eigenvalue weighted by atomic mass is 10.0. The van der Waals surface area contributed by atoms with Gasteiger partial charge in [-0.25, -0.2) is 4.79 Å². The molecule has 28 heavy (non-hydrogen) atoms. The number of fused-ring (bicyclic) bond motifs is 1. The van der Waals surface area contributed by atoms with Crippen molar-refractivity contribution in [2.24, 2.45) is 0 Å². The normalized spacial score (nSPS) is 24.2. The van der Waals surface area contributed by atoms with E-state index < -0.39 is 5.76 Å². The maximum absolute atomic E-state index is 12.4. The number of carbonyl (C=O) groups excluding carboxylic acids is 2. The van der Waals surface area contributed by atoms with E-state index in [0.717, 1.165) is 25.9 Å². The molecule has 1 aromatic carbocycles. The van der Waals surface area contributed by atoms with Gasteiger partial charge < -0.3 is 15.1 Å². The number of likely N-dealkylation sites (tertiary alicyclic amines) is 1. The molecule has 0 aliphatic carbocycles. The molecule has 0 radical (unpaired) electrons. The minimum absolute atomic E-state index is 0.0503. The molecule has 0 spiro atoms. The first-order valence-electron chi connectivity index (χ1n) is 9.67. The molecule has 2 unspecified atom stereocenters. The number of oxazole rings is 1. The van der Waals surface area contributed by atoms with Crippen molar-refractivity contribution in [1.82, 2.24) is 25.4 Å². The summed E-state index contributed by atoms with van der Waals surface area (Å²) >= 11 is 0. The van der Waals surface area contributed by atoms with Crippen molar-refractivity contribution >= 4 is 22.9 Å². The Kier molecular flexibility index (Phi) is 5.19. The van der Waals surface area contributed by atoms with Crippen LogP contribution in [0.5, 0.6) is 0 Å². The number of benzene rings is 1. The highest BCUT2D eigenvalue weighted by molar-refractivity contribution is 5.79. The van der Waals surface area contributed by atoms with Crippen LogP contribution >= 0.6 is 0 Å². The van der Waals surface area contributed by atoms with Gasteiger partial charge in [-0.15, -0.1) is 0 Å². The van der Waals surface area contributed by atoms with Crippen LogP contribution in [0.1, 0.15) is 26.2 Å². The van der Waals surface area contributed by atoms with Crippen molar-refractivity contribution in [2.45, 2.75) is 51.1 Å². The van der Waals surface area contributed by atoms with Crippen LogP contribution in [0, 0.1) is 0 Å². The van der Waals surface area contributed by atoms with Crippen LogP contribution in [0.4, 0.5) is 0 Å². The molecule has 0 saturated carbocycles. The van der Waals surface area contributed by atoms with Gasteiger partial charge in [-0.3, -0.25) is 24.4 Å². The van der Waals surface area contributed by atoms with Gasteiger partial charge in [0.25, 0.3) is 0 Å². The maximum atomic E-state index is 12.4. The van der Waals surface area contributed by atoms with Crippen LogP contribution in [0.25, 0.3) is 11.1 Å². The highest BCUT2D eigenvalue weighted by Gasteiger charge is 2.30. The highest BCUT2D eigenvalue weighted by Crippen LogP contribution is 2.15. The summed E-state index contributed by atoms with van der Waals surface area (Å²) in [5.41, 5.74) is 1.09. The molecule has 2 atom stereocenters. The number of hydrogen-bond donors (Lipinski definition) is 3. The number of piperidine rings is 1. The summed E-state index contributed by atoms with van der Waals surface area (Å²) in [7, 11) is 0. The van der Waals surface area contributed by atoms with E-state index in [9.17, 15) is 14.4 Å². The average Bonchev–Trinajstić information content (AvgIpc) is 2.97. The van der Waals surface area contributed by atoms with Crippen molar-refractivity contribution in [3.63, 3.8) is 0 Å². The second-order valence-corrected chi connectivity index (χ2v) is 7.54. The minimum Gasteiger partial charge on any atom is -0.408 e. The summed E-state index contributed by atoms with van der Waals surface area (Å²) < 4.78 is 6.52. The van der Waals surface area contributed by atoms with Gasteiger partial charge in [0.05, 0.1) is 5.52 Å². The van der Waals surface area contributed by atoms with Crippen molar-refractivity contribution in [3.8, 4) is 0 Å². The van der Waals surface area contributed by atoms with Gasteiger partial charge in [0.2, 0.25) is 11.8 Å². The first-order valence-corrected chi connectivity index (χ1v) is 9.67. The Balaban J connectivity index is 1.31. The van der Waals surface area contributed by atoms with Crippen molar-refractivity contribution < 1.29 is 14.0 Å². The van der Waals surface area contributed by atoms with E-state index in [1.165, 1.54) is 4.57 Å². The average molecular weight is 387 g/mol. The van der Waals surface area contributed by atoms with E-state index in [0.29, 0.717) is 17.5 Å². The SMILES string of the molecule is CC1CC(=O)NC(N2CCC(NC(=O)Cn3c(=O)oc4ccccc43)CC2)N1. The van der Waals surface area contributed by atoms with Gasteiger partial charge in [0.15, 0.2) is 5.58 Å². The quantitative estimate of drug-likeness (QED) is 0.679. The van der Waals surface area contributed by atoms with Crippen LogP contribution in [0.15, 0.2) is 33.5 Å². The van der Waals surface area contributed by atoms with Gasteiger partial charge in [0, 0.05) is 31.6 Å². The van der Waals surface area contributed by atoms with E-state index in [2.05, 4.69) is 20.9 Å². The minimum atomic E-state index is -0.528. The molecule has 3 heterocycles. The molecule has 2 saturated heterocycles. The maximum Gasteiger partial charge on any atom is 0.420 e. The van der Waals surface area contributed by atoms with Crippen LogP contribution < -0.4 is 21.7 Å². The standard InChI is InChI=1S/C19H25N5O4/c1-12-10-16(25)22-18(20-12)23-8-6-13(7-9-23)21-17(26)11-24-14-4-2-3-5-15(14)28-19(24)27/h2-5,12-13,18,20H,6-11H2,1H3,(H,21,26)(H,22,25). The molecule has 9 heteroatoms. The van der Waals surface area contributed by atoms with Crippen molar-refractivity contribution in [3.05, 3.63) is 34.8 Å². The Hall–Kier alpha value is -2.65. The lowest BCUT2D eigenvalue weighted by molar-refractivity contribution is -0.127. The van der Waals surface area contributed by atoms with Crippen LogP contribution in [-0.2, 0) is 16.1 Å². The van der Waals surface area contributed by atoms with Crippen LogP contribution in [-0.4, -0.2) is 52.7 Å². The fourth-order valence-electron chi connectivity index (χ4n) is 3.94. The number of rotatable bonds is 4. The lowest BCUT2D eigenvalue weighted by Gasteiger charge is -2.41. The van der Waals surface area contributed by atoms with E-state index in [1.807, 2.05) is 6.92 Å². The second kappa shape index (κ2) is 7.76. The number of para-hydroxylation sites is 2. The van der Waals surface area contributed by atoms with E-state index >= 15 is 0 Å². The van der Waals surface area contributed by atoms with Crippen LogP contribution in [0.2, 0.25) is 0 Å². The van der Waals surface area contributed by atoms with Gasteiger partial charge in [-0.05, 0) is 31.9 Å². The molecule has 150 valence electrons. The van der Waals surface area contributed by atoms with Gasteiger partial charge >= 0.3 is 5.76 Å². The second-order valence-electron chi connectivity index (χ2n) is 7.54. The van der Waals surface area contributed by atoms with E-state index in [4.69, 9.17) is 4.42 Å². The van der Waals surface area contributed by atoms with E-state index in [-0.39, 0.29) is 36.7 Å². The number of nitrogens with one attached hydrogen (secondary N) is 3. The molecule has 2 aromatic rings. The predicted molar refractivity (Wildman–Crippen MR) is 102 cm³/mol. The first-order chi connectivity index (χ1) is 13.5. The summed E-state index contributed by atoms with van der Waals surface area (Å²) in [6.45, 7) is 3.47. The molecule has 1 aromatic heterocycles. The zero-order valence-corrected chi connectivity index (χ0v) is 15.8. The Morgan fingerprint density at radius 1 is 1.25 bits per heavy atom. The monoisotopic (exact) mass is 387 g/mol. The Labute approximate surface area is 162 Å². The summed E-state index contributed by atoms with van der Waals surface area (Å²) in [5.74, 6) is -0.673. The largest absolute Gasteiger partial charge is 0.420 e. The molecule has 0 bridgehead atoms. The lowest BCUT2D eigenvalue weighted by Crippen LogP contribution is -2.65. The number of nitrogens with zero attached hydrogens (tertiary/aromatic N) is 2. The number of hydrogen-bond acceptors (Lipinski definition) is 6. The van der Waals surface area contributed by atoms with Crippen molar-refractivity contribution in [1.29, 1.82) is 0 Å². The fourth-order valence-corrected chi connectivity index (χ4v) is 3.94. The molecule has 2 aliphatic heterocycles. The topological polar surface area (TPSA) is 109 Å². The molecule has 2 aliphatic rings. The molecule has 9 nitrogen and oxygen atoms in total. The summed E-state index contributed by atoms with van der Waals surface area (Å²) in [4.78, 5) is 38.4. The molecule has 2 fully saturated rings. The predicted octanol–water partition coefficient (Wildman–Crippen LogP) is -0.0433. The smallest absolute Gasteiger partial charge is 0.408 e. The van der Waals surface area contributed by atoms with E-state index in [1.54, 1.807) is 24.3 Å². The third-order valence-electron chi connectivity index (χ3n) is 5.37. The first kappa shape index (κ1) is 18.7. The Morgan fingerprint density at radius 2 is 2.00 bits per heavy atom. The van der Waals surface area contributed by atoms with Crippen LogP contribution in [0.3, 0.4) is 0 Å². The number of carbonyl (C=O) groups is 2. The third-order valence-corrected chi connectivity index (χ3v) is 5.37. The summed E-state index contributed by atoms with van der Waals surface area (Å²) in [6, 6.07) is 7.26. The third kappa shape index (κ3) is 3.95. The number of aromatic nitrogens is 1. The molecule has 2 amide bonds. The zero-order valence-electron chi connectivity index (χ0n) is 15.8. The van der Waals surface area contributed by atoms with Gasteiger partial charge in [-0.1, -0.05) is 12.1 Å². The van der Waals surface area contributed by atoms with Crippen molar-refractivity contribution in [2.75, 3.05) is 13.1 Å². The Bertz CT molecular complexity index is 928. The fraction of sp³-hybridized carbons (Fsp3) is 0.526. The summed E-state index contributed by atoms with van der Waals surface area (Å²) in [5, 5.41) is 9.36. The molecular weight excluding hydrogens is 362 g/mol. The number of amides is 2. The molecule has 3 N–H and O–H groups in total. The zero-order chi connectivity index (χ0) is 19.7. The van der Waals surface area contributed by atoms with Gasteiger partial charge in [0.1, 0.15) is 12.8 Å². The Morgan fingerprint density at radius 3 is 2.75 bits per heavy atom. The van der Waals surface area contributed by atoms with Gasteiger partial charge in [-0.2, -0.15) is 0 Å².